The highest BCUT2D eigenvalue weighted by Gasteiger charge is 1.95. The summed E-state index contributed by atoms with van der Waals surface area (Å²) >= 11 is 0. The zero-order valence-electron chi connectivity index (χ0n) is 19.0. The van der Waals surface area contributed by atoms with E-state index in [1.165, 1.54) is 21.5 Å². The predicted molar refractivity (Wildman–Crippen MR) is 137 cm³/mol. The van der Waals surface area contributed by atoms with Gasteiger partial charge in [0.1, 0.15) is 6.01 Å². The fraction of sp³-hybridized carbons (Fsp3) is 0.214. The van der Waals surface area contributed by atoms with Gasteiger partial charge < -0.3 is 0 Å². The first kappa shape index (κ1) is 22.8. The van der Waals surface area contributed by atoms with Gasteiger partial charge in [0.05, 0.1) is 29.5 Å². The monoisotopic (exact) mass is 420 g/mol. The molecule has 0 heterocycles. The van der Waals surface area contributed by atoms with Crippen molar-refractivity contribution in [1.82, 2.24) is 0 Å². The van der Waals surface area contributed by atoms with E-state index in [-0.39, 0.29) is 0 Å². The van der Waals surface area contributed by atoms with E-state index in [1.807, 2.05) is 76.2 Å². The van der Waals surface area contributed by atoms with Crippen molar-refractivity contribution in [2.45, 2.75) is 39.8 Å². The van der Waals surface area contributed by atoms with E-state index in [4.69, 9.17) is 0 Å². The Morgan fingerprint density at radius 3 is 1.31 bits per heavy atom. The molecule has 0 aliphatic carbocycles. The SMILES string of the molecule is C(=Nc1ccc2ccccc2c1)=Nc1ccc2ccccc2c1.CC(C)N=C=NC(C)C. The molecule has 160 valence electrons. The molecule has 4 aromatic carbocycles. The molecule has 0 N–H and O–H groups in total. The lowest BCUT2D eigenvalue weighted by Gasteiger charge is -1.98. The summed E-state index contributed by atoms with van der Waals surface area (Å²) in [5.74, 6) is 0. The maximum atomic E-state index is 4.32. The third kappa shape index (κ3) is 7.14. The summed E-state index contributed by atoms with van der Waals surface area (Å²) in [7, 11) is 0. The summed E-state index contributed by atoms with van der Waals surface area (Å²) in [4.78, 5) is 16.5. The van der Waals surface area contributed by atoms with Crippen LogP contribution in [0.4, 0.5) is 11.4 Å². The van der Waals surface area contributed by atoms with E-state index in [2.05, 4.69) is 68.4 Å². The highest BCUT2D eigenvalue weighted by Crippen LogP contribution is 2.22. The molecule has 4 nitrogen and oxygen atoms in total. The molecule has 0 saturated heterocycles. The van der Waals surface area contributed by atoms with Crippen LogP contribution in [0, 0.1) is 0 Å². The molecule has 0 radical (unpaired) electrons. The molecule has 0 amide bonds. The summed E-state index contributed by atoms with van der Waals surface area (Å²) in [6.07, 6.45) is 0. The highest BCUT2D eigenvalue weighted by atomic mass is 14.8. The van der Waals surface area contributed by atoms with Crippen LogP contribution in [-0.4, -0.2) is 24.1 Å². The quantitative estimate of drug-likeness (QED) is 0.299. The van der Waals surface area contributed by atoms with Crippen LogP contribution in [0.3, 0.4) is 0 Å². The number of benzene rings is 4. The van der Waals surface area contributed by atoms with Gasteiger partial charge >= 0.3 is 0 Å². The summed E-state index contributed by atoms with van der Waals surface area (Å²) in [6, 6.07) is 34.7. The molecule has 4 rings (SSSR count). The van der Waals surface area contributed by atoms with Crippen LogP contribution >= 0.6 is 0 Å². The minimum absolute atomic E-state index is 0.312. The molecule has 0 fully saturated rings. The molecule has 0 aromatic heterocycles. The van der Waals surface area contributed by atoms with Crippen LogP contribution in [0.2, 0.25) is 0 Å². The van der Waals surface area contributed by atoms with E-state index >= 15 is 0 Å². The van der Waals surface area contributed by atoms with Gasteiger partial charge in [0.25, 0.3) is 0 Å². The van der Waals surface area contributed by atoms with Gasteiger partial charge in [-0.05, 0) is 73.5 Å². The Kier molecular flexibility index (Phi) is 8.22. The van der Waals surface area contributed by atoms with Crippen molar-refractivity contribution < 1.29 is 0 Å². The fourth-order valence-corrected chi connectivity index (χ4v) is 2.90. The predicted octanol–water partition coefficient (Wildman–Crippen LogP) is 8.11. The average Bonchev–Trinajstić information content (AvgIpc) is 2.79. The topological polar surface area (TPSA) is 49.4 Å². The normalized spacial score (nSPS) is 10.2. The summed E-state index contributed by atoms with van der Waals surface area (Å²) in [6.45, 7) is 8.01. The van der Waals surface area contributed by atoms with Gasteiger partial charge in [-0.1, -0.05) is 60.7 Å². The summed E-state index contributed by atoms with van der Waals surface area (Å²) in [5.41, 5.74) is 1.71. The Hall–Kier alpha value is -3.84. The molecular weight excluding hydrogens is 392 g/mol. The van der Waals surface area contributed by atoms with Crippen molar-refractivity contribution in [1.29, 1.82) is 0 Å². The van der Waals surface area contributed by atoms with Gasteiger partial charge in [-0.15, -0.1) is 0 Å². The second-order valence-electron chi connectivity index (χ2n) is 7.93. The summed E-state index contributed by atoms with van der Waals surface area (Å²) in [5, 5.41) is 4.75. The molecule has 0 unspecified atom stereocenters. The Morgan fingerprint density at radius 1 is 0.500 bits per heavy atom. The minimum atomic E-state index is 0.312. The number of rotatable bonds is 4. The third-order valence-electron chi connectivity index (χ3n) is 4.46. The third-order valence-corrected chi connectivity index (χ3v) is 4.46. The second kappa shape index (κ2) is 11.5. The number of fused-ring (bicyclic) bond motifs is 2. The number of aliphatic imine (C=N–C) groups is 4. The smallest absolute Gasteiger partial charge is 0.100 e. The summed E-state index contributed by atoms with van der Waals surface area (Å²) < 4.78 is 0. The van der Waals surface area contributed by atoms with Gasteiger partial charge in [0.2, 0.25) is 0 Å². The maximum absolute atomic E-state index is 4.32. The first-order chi connectivity index (χ1) is 15.5. The van der Waals surface area contributed by atoms with Gasteiger partial charge in [0, 0.05) is 0 Å². The first-order valence-corrected chi connectivity index (χ1v) is 10.8. The zero-order valence-corrected chi connectivity index (χ0v) is 19.0. The van der Waals surface area contributed by atoms with Gasteiger partial charge in [0.15, 0.2) is 0 Å². The number of nitrogens with zero attached hydrogens (tertiary/aromatic N) is 4. The van der Waals surface area contributed by atoms with E-state index in [0.29, 0.717) is 12.1 Å². The molecular formula is C28H28N4. The second-order valence-corrected chi connectivity index (χ2v) is 7.93. The van der Waals surface area contributed by atoms with E-state index in [9.17, 15) is 0 Å². The van der Waals surface area contributed by atoms with E-state index in [1.54, 1.807) is 0 Å². The number of hydrogen-bond donors (Lipinski definition) is 0. The van der Waals surface area contributed by atoms with Crippen LogP contribution in [0.25, 0.3) is 21.5 Å². The zero-order chi connectivity index (χ0) is 22.8. The maximum Gasteiger partial charge on any atom is 0.100 e. The lowest BCUT2D eigenvalue weighted by Crippen LogP contribution is -1.88. The van der Waals surface area contributed by atoms with Crippen molar-refractivity contribution >= 4 is 44.9 Å². The Labute approximate surface area is 189 Å². The lowest BCUT2D eigenvalue weighted by molar-refractivity contribution is 0.818. The Bertz CT molecular complexity index is 1210. The molecule has 0 saturated carbocycles. The minimum Gasteiger partial charge on any atom is -0.223 e. The van der Waals surface area contributed by atoms with Crippen molar-refractivity contribution in [3.8, 4) is 0 Å². The van der Waals surface area contributed by atoms with Crippen LogP contribution < -0.4 is 0 Å². The van der Waals surface area contributed by atoms with Crippen molar-refractivity contribution in [2.24, 2.45) is 20.0 Å². The van der Waals surface area contributed by atoms with Crippen LogP contribution in [0.15, 0.2) is 105 Å². The van der Waals surface area contributed by atoms with E-state index < -0.39 is 0 Å². The van der Waals surface area contributed by atoms with Crippen molar-refractivity contribution in [3.63, 3.8) is 0 Å². The fourth-order valence-electron chi connectivity index (χ4n) is 2.90. The van der Waals surface area contributed by atoms with Crippen LogP contribution in [-0.2, 0) is 0 Å². The molecule has 4 heteroatoms. The molecule has 0 atom stereocenters. The first-order valence-electron chi connectivity index (χ1n) is 10.8. The molecule has 32 heavy (non-hydrogen) atoms. The molecule has 0 aliphatic heterocycles. The Balaban J connectivity index is 0.000000275. The average molecular weight is 421 g/mol. The molecule has 4 aromatic rings. The van der Waals surface area contributed by atoms with E-state index in [0.717, 1.165) is 11.4 Å². The molecule has 0 bridgehead atoms. The standard InChI is InChI=1S/C21H14N2.C7H14N2/c1-3-7-18-13-20(11-9-16(18)5-1)22-15-23-21-12-10-17-6-2-4-8-19(17)14-21;1-6(2)8-5-9-7(3)4/h1-14H;6-7H,1-4H3. The van der Waals surface area contributed by atoms with Gasteiger partial charge in [-0.3, -0.25) is 0 Å². The number of hydrogen-bond acceptors (Lipinski definition) is 4. The molecule has 0 aliphatic rings. The largest absolute Gasteiger partial charge is 0.223 e. The Morgan fingerprint density at radius 2 is 0.906 bits per heavy atom. The highest BCUT2D eigenvalue weighted by molar-refractivity contribution is 5.86. The van der Waals surface area contributed by atoms with Gasteiger partial charge in [-0.2, -0.15) is 9.98 Å². The molecule has 0 spiro atoms. The lowest BCUT2D eigenvalue weighted by atomic mass is 10.1. The van der Waals surface area contributed by atoms with Crippen LogP contribution in [0.1, 0.15) is 27.7 Å². The van der Waals surface area contributed by atoms with Crippen molar-refractivity contribution in [3.05, 3.63) is 84.9 Å². The van der Waals surface area contributed by atoms with Crippen molar-refractivity contribution in [2.75, 3.05) is 0 Å². The van der Waals surface area contributed by atoms with Gasteiger partial charge in [-0.25, -0.2) is 9.98 Å². The van der Waals surface area contributed by atoms with Crippen LogP contribution in [0.5, 0.6) is 0 Å².